The van der Waals surface area contributed by atoms with Crippen LogP contribution in [-0.4, -0.2) is 35.1 Å². The quantitative estimate of drug-likeness (QED) is 0.581. The van der Waals surface area contributed by atoms with E-state index in [1.165, 1.54) is 0 Å². The Bertz CT molecular complexity index is 201. The van der Waals surface area contributed by atoms with Crippen molar-refractivity contribution >= 4 is 22.7 Å². The third-order valence-corrected chi connectivity index (χ3v) is 1.87. The Morgan fingerprint density at radius 3 is 2.73 bits per heavy atom. The average Bonchev–Trinajstić information content (AvgIpc) is 1.94. The van der Waals surface area contributed by atoms with E-state index in [9.17, 15) is 4.79 Å². The summed E-state index contributed by atoms with van der Waals surface area (Å²) in [5.74, 6) is 0.0596. The van der Waals surface area contributed by atoms with Crippen molar-refractivity contribution in [3.63, 3.8) is 0 Å². The van der Waals surface area contributed by atoms with Gasteiger partial charge in [-0.05, 0) is 13.8 Å². The number of hydrogen-bond donors (Lipinski definition) is 0. The Kier molecular flexibility index (Phi) is 2.49. The van der Waals surface area contributed by atoms with Crippen molar-refractivity contribution in [2.24, 2.45) is 4.99 Å². The number of nitrogens with zero attached hydrogens (tertiary/aromatic N) is 2. The topological polar surface area (TPSA) is 32.7 Å². The lowest BCUT2D eigenvalue weighted by atomic mass is 10.3. The molecule has 0 aromatic carbocycles. The summed E-state index contributed by atoms with van der Waals surface area (Å²) < 4.78 is 0. The largest absolute Gasteiger partial charge is 0.332 e. The molecule has 3 nitrogen and oxygen atoms in total. The summed E-state index contributed by atoms with van der Waals surface area (Å²) in [5.41, 5.74) is 0. The maximum Gasteiger partial charge on any atom is 0.244 e. The van der Waals surface area contributed by atoms with Gasteiger partial charge in [0.15, 0.2) is 0 Å². The molecule has 1 aliphatic rings. The predicted octanol–water partition coefficient (Wildman–Crippen LogP) is 0.874. The number of rotatable bonds is 1. The van der Waals surface area contributed by atoms with Crippen LogP contribution in [0.3, 0.4) is 0 Å². The van der Waals surface area contributed by atoms with Crippen molar-refractivity contribution in [1.82, 2.24) is 4.90 Å². The average molecular weight is 175 g/mol. The van der Waals surface area contributed by atoms with E-state index in [-0.39, 0.29) is 18.5 Å². The summed E-state index contributed by atoms with van der Waals surface area (Å²) in [6.07, 6.45) is 0. The minimum absolute atomic E-state index is 0.0596. The van der Waals surface area contributed by atoms with E-state index in [4.69, 9.17) is 11.6 Å². The Morgan fingerprint density at radius 2 is 2.27 bits per heavy atom. The molecular formula is C7H11ClN2O. The highest BCUT2D eigenvalue weighted by molar-refractivity contribution is 6.66. The molecule has 0 saturated carbocycles. The van der Waals surface area contributed by atoms with Crippen LogP contribution in [0.25, 0.3) is 0 Å². The fourth-order valence-corrected chi connectivity index (χ4v) is 1.18. The number of halogens is 1. The van der Waals surface area contributed by atoms with E-state index in [1.807, 2.05) is 13.8 Å². The third-order valence-electron chi connectivity index (χ3n) is 1.63. The first-order valence-electron chi connectivity index (χ1n) is 3.59. The fourth-order valence-electron chi connectivity index (χ4n) is 0.994. The lowest BCUT2D eigenvalue weighted by molar-refractivity contribution is -0.130. The molecule has 0 atom stereocenters. The second-order valence-electron chi connectivity index (χ2n) is 2.81. The number of carbonyl (C=O) groups is 1. The number of hydrogen-bond acceptors (Lipinski definition) is 2. The Morgan fingerprint density at radius 1 is 1.64 bits per heavy atom. The van der Waals surface area contributed by atoms with Crippen LogP contribution < -0.4 is 0 Å². The van der Waals surface area contributed by atoms with Crippen molar-refractivity contribution in [1.29, 1.82) is 0 Å². The Labute approximate surface area is 71.0 Å². The van der Waals surface area contributed by atoms with E-state index in [1.54, 1.807) is 4.90 Å². The van der Waals surface area contributed by atoms with Gasteiger partial charge >= 0.3 is 0 Å². The molecule has 0 bridgehead atoms. The highest BCUT2D eigenvalue weighted by atomic mass is 35.5. The van der Waals surface area contributed by atoms with Gasteiger partial charge in [-0.15, -0.1) is 0 Å². The molecule has 11 heavy (non-hydrogen) atoms. The maximum absolute atomic E-state index is 11.1. The first-order valence-corrected chi connectivity index (χ1v) is 3.97. The molecule has 62 valence electrons. The van der Waals surface area contributed by atoms with Gasteiger partial charge in [-0.2, -0.15) is 0 Å². The molecule has 0 unspecified atom stereocenters. The van der Waals surface area contributed by atoms with Crippen molar-refractivity contribution in [3.8, 4) is 0 Å². The van der Waals surface area contributed by atoms with Crippen LogP contribution in [0.4, 0.5) is 0 Å². The molecular weight excluding hydrogens is 164 g/mol. The monoisotopic (exact) mass is 174 g/mol. The zero-order chi connectivity index (χ0) is 8.43. The SMILES string of the molecule is CC(C)N1CC(Cl)=NCC1=O. The van der Waals surface area contributed by atoms with Crippen molar-refractivity contribution in [2.45, 2.75) is 19.9 Å². The summed E-state index contributed by atoms with van der Waals surface area (Å²) in [5, 5.41) is 0.526. The van der Waals surface area contributed by atoms with Gasteiger partial charge in [0.2, 0.25) is 5.91 Å². The van der Waals surface area contributed by atoms with Crippen molar-refractivity contribution in [2.75, 3.05) is 13.1 Å². The molecule has 1 rings (SSSR count). The molecule has 0 aliphatic carbocycles. The van der Waals surface area contributed by atoms with Crippen LogP contribution in [0.1, 0.15) is 13.8 Å². The molecule has 0 radical (unpaired) electrons. The summed E-state index contributed by atoms with van der Waals surface area (Å²) in [7, 11) is 0. The molecule has 0 saturated heterocycles. The molecule has 0 aromatic heterocycles. The number of amides is 1. The lowest BCUT2D eigenvalue weighted by Gasteiger charge is -2.28. The molecule has 1 aliphatic heterocycles. The van der Waals surface area contributed by atoms with Gasteiger partial charge in [-0.1, -0.05) is 11.6 Å². The number of aliphatic imine (C=N–C) groups is 1. The van der Waals surface area contributed by atoms with Gasteiger partial charge < -0.3 is 4.90 Å². The fraction of sp³-hybridized carbons (Fsp3) is 0.714. The minimum Gasteiger partial charge on any atom is -0.332 e. The Hall–Kier alpha value is -0.570. The summed E-state index contributed by atoms with van der Waals surface area (Å²) in [6, 6.07) is 0.215. The van der Waals surface area contributed by atoms with Crippen LogP contribution in [0.5, 0.6) is 0 Å². The van der Waals surface area contributed by atoms with E-state index >= 15 is 0 Å². The normalized spacial score (nSPS) is 19.1. The standard InChI is InChI=1S/C7H11ClN2O/c1-5(2)10-4-6(8)9-3-7(10)11/h5H,3-4H2,1-2H3. The Balaban J connectivity index is 2.68. The zero-order valence-electron chi connectivity index (χ0n) is 6.67. The molecule has 1 heterocycles. The molecule has 4 heteroatoms. The molecule has 0 fully saturated rings. The minimum atomic E-state index is 0.0596. The molecule has 0 aromatic rings. The second-order valence-corrected chi connectivity index (χ2v) is 3.24. The van der Waals surface area contributed by atoms with E-state index < -0.39 is 0 Å². The molecule has 1 amide bonds. The highest BCUT2D eigenvalue weighted by Crippen LogP contribution is 2.06. The van der Waals surface area contributed by atoms with E-state index in [0.717, 1.165) is 0 Å². The van der Waals surface area contributed by atoms with Crippen LogP contribution >= 0.6 is 11.6 Å². The van der Waals surface area contributed by atoms with Crippen LogP contribution in [0.2, 0.25) is 0 Å². The van der Waals surface area contributed by atoms with Gasteiger partial charge in [0.05, 0.1) is 6.54 Å². The summed E-state index contributed by atoms with van der Waals surface area (Å²) >= 11 is 5.68. The third kappa shape index (κ3) is 1.93. The van der Waals surface area contributed by atoms with Crippen LogP contribution in [0.15, 0.2) is 4.99 Å². The first kappa shape index (κ1) is 8.53. The molecule has 0 N–H and O–H groups in total. The number of carbonyl (C=O) groups excluding carboxylic acids is 1. The van der Waals surface area contributed by atoms with E-state index in [2.05, 4.69) is 4.99 Å². The second kappa shape index (κ2) is 3.22. The predicted molar refractivity (Wildman–Crippen MR) is 45.0 cm³/mol. The molecule has 0 spiro atoms. The van der Waals surface area contributed by atoms with Gasteiger partial charge in [-0.25, -0.2) is 0 Å². The smallest absolute Gasteiger partial charge is 0.244 e. The van der Waals surface area contributed by atoms with Crippen LogP contribution in [-0.2, 0) is 4.79 Å². The van der Waals surface area contributed by atoms with Gasteiger partial charge in [0.1, 0.15) is 11.7 Å². The maximum atomic E-state index is 11.1. The first-order chi connectivity index (χ1) is 5.11. The van der Waals surface area contributed by atoms with Crippen LogP contribution in [0, 0.1) is 0 Å². The summed E-state index contributed by atoms with van der Waals surface area (Å²) in [6.45, 7) is 4.61. The van der Waals surface area contributed by atoms with Crippen molar-refractivity contribution < 1.29 is 4.79 Å². The van der Waals surface area contributed by atoms with E-state index in [0.29, 0.717) is 11.7 Å². The van der Waals surface area contributed by atoms with Crippen molar-refractivity contribution in [3.05, 3.63) is 0 Å². The highest BCUT2D eigenvalue weighted by Gasteiger charge is 2.21. The van der Waals surface area contributed by atoms with Gasteiger partial charge in [-0.3, -0.25) is 9.79 Å². The van der Waals surface area contributed by atoms with Gasteiger partial charge in [0, 0.05) is 6.04 Å². The lowest BCUT2D eigenvalue weighted by Crippen LogP contribution is -2.43. The summed E-state index contributed by atoms with van der Waals surface area (Å²) in [4.78, 5) is 16.7. The zero-order valence-corrected chi connectivity index (χ0v) is 7.43. The van der Waals surface area contributed by atoms with Gasteiger partial charge in [0.25, 0.3) is 0 Å².